The van der Waals surface area contributed by atoms with Crippen molar-refractivity contribution in [2.45, 2.75) is 40.0 Å². The van der Waals surface area contributed by atoms with Gasteiger partial charge in [0.2, 0.25) is 11.2 Å². The highest BCUT2D eigenvalue weighted by Crippen LogP contribution is 2.35. The van der Waals surface area contributed by atoms with Crippen LogP contribution >= 0.6 is 0 Å². The van der Waals surface area contributed by atoms with E-state index in [-0.39, 0.29) is 22.3 Å². The van der Waals surface area contributed by atoms with Gasteiger partial charge in [0.05, 0.1) is 5.39 Å². The van der Waals surface area contributed by atoms with Crippen LogP contribution < -0.4 is 10.2 Å². The van der Waals surface area contributed by atoms with Gasteiger partial charge in [-0.1, -0.05) is 38.5 Å². The van der Waals surface area contributed by atoms with Crippen LogP contribution in [0.3, 0.4) is 0 Å². The highest BCUT2D eigenvalue weighted by Gasteiger charge is 2.22. The summed E-state index contributed by atoms with van der Waals surface area (Å²) in [6.07, 6.45) is 0. The molecule has 0 aliphatic heterocycles. The van der Waals surface area contributed by atoms with E-state index >= 15 is 0 Å². The molecule has 2 aromatic carbocycles. The molecule has 1 aromatic heterocycles. The van der Waals surface area contributed by atoms with Crippen LogP contribution in [0.4, 0.5) is 0 Å². The lowest BCUT2D eigenvalue weighted by molar-refractivity contribution is 0.420. The molecule has 0 saturated heterocycles. The van der Waals surface area contributed by atoms with Gasteiger partial charge in [-0.2, -0.15) is 0 Å². The van der Waals surface area contributed by atoms with Crippen molar-refractivity contribution in [3.8, 4) is 17.2 Å². The standard InChI is InChI=1S/C21H22O4/c1-12-6-9-17(16(10-12)21(3,4)5)25-20-13(2)24-18-11-14(22)7-8-15(18)19(20)23/h6-11,22H,1-5H3. The van der Waals surface area contributed by atoms with Crippen molar-refractivity contribution in [1.29, 1.82) is 0 Å². The number of fused-ring (bicyclic) bond motifs is 1. The molecule has 0 saturated carbocycles. The first-order chi connectivity index (χ1) is 11.7. The Bertz CT molecular complexity index is 1010. The molecule has 0 fully saturated rings. The van der Waals surface area contributed by atoms with Gasteiger partial charge in [0, 0.05) is 11.6 Å². The van der Waals surface area contributed by atoms with Gasteiger partial charge < -0.3 is 14.3 Å². The molecule has 130 valence electrons. The number of aryl methyl sites for hydroxylation is 2. The molecule has 0 unspecified atom stereocenters. The van der Waals surface area contributed by atoms with E-state index in [1.807, 2.05) is 19.1 Å². The average molecular weight is 338 g/mol. The SMILES string of the molecule is Cc1ccc(Oc2c(C)oc3cc(O)ccc3c2=O)c(C(C)(C)C)c1. The molecule has 0 amide bonds. The minimum absolute atomic E-state index is 0.0530. The first-order valence-corrected chi connectivity index (χ1v) is 8.22. The normalized spacial score (nSPS) is 11.7. The maximum absolute atomic E-state index is 12.8. The fourth-order valence-corrected chi connectivity index (χ4v) is 2.82. The van der Waals surface area contributed by atoms with E-state index in [0.29, 0.717) is 22.5 Å². The van der Waals surface area contributed by atoms with Crippen molar-refractivity contribution in [3.05, 3.63) is 63.5 Å². The Morgan fingerprint density at radius 1 is 1.04 bits per heavy atom. The molecule has 0 atom stereocenters. The molecule has 25 heavy (non-hydrogen) atoms. The molecule has 0 aliphatic carbocycles. The number of benzene rings is 2. The Morgan fingerprint density at radius 2 is 1.76 bits per heavy atom. The van der Waals surface area contributed by atoms with Crippen molar-refractivity contribution in [2.75, 3.05) is 0 Å². The van der Waals surface area contributed by atoms with Crippen LogP contribution in [0.1, 0.15) is 37.7 Å². The van der Waals surface area contributed by atoms with Crippen LogP contribution in [-0.4, -0.2) is 5.11 Å². The molecule has 1 N–H and O–H groups in total. The first-order valence-electron chi connectivity index (χ1n) is 8.22. The van der Waals surface area contributed by atoms with Crippen LogP contribution in [0, 0.1) is 13.8 Å². The number of hydrogen-bond acceptors (Lipinski definition) is 4. The fraction of sp³-hybridized carbons (Fsp3) is 0.286. The number of hydrogen-bond donors (Lipinski definition) is 1. The lowest BCUT2D eigenvalue weighted by Gasteiger charge is -2.23. The summed E-state index contributed by atoms with van der Waals surface area (Å²) < 4.78 is 11.7. The van der Waals surface area contributed by atoms with Gasteiger partial charge in [-0.15, -0.1) is 0 Å². The zero-order chi connectivity index (χ0) is 18.4. The molecule has 0 radical (unpaired) electrons. The largest absolute Gasteiger partial charge is 0.508 e. The van der Waals surface area contributed by atoms with Crippen molar-refractivity contribution in [2.24, 2.45) is 0 Å². The molecule has 0 aliphatic rings. The van der Waals surface area contributed by atoms with Gasteiger partial charge in [-0.25, -0.2) is 0 Å². The Labute approximate surface area is 146 Å². The summed E-state index contributed by atoms with van der Waals surface area (Å²) in [7, 11) is 0. The molecule has 0 bridgehead atoms. The van der Waals surface area contributed by atoms with Crippen molar-refractivity contribution >= 4 is 11.0 Å². The van der Waals surface area contributed by atoms with E-state index < -0.39 is 0 Å². The summed E-state index contributed by atoms with van der Waals surface area (Å²) in [6.45, 7) is 10.0. The maximum atomic E-state index is 12.8. The van der Waals surface area contributed by atoms with Gasteiger partial charge in [0.15, 0.2) is 0 Å². The summed E-state index contributed by atoms with van der Waals surface area (Å²) in [6, 6.07) is 10.4. The third-order valence-corrected chi connectivity index (χ3v) is 4.15. The molecular weight excluding hydrogens is 316 g/mol. The third kappa shape index (κ3) is 3.25. The second-order valence-corrected chi connectivity index (χ2v) is 7.35. The van der Waals surface area contributed by atoms with Gasteiger partial charge in [0.1, 0.15) is 22.8 Å². The number of phenolic OH excluding ortho intramolecular Hbond substituents is 1. The number of phenols is 1. The predicted molar refractivity (Wildman–Crippen MR) is 98.8 cm³/mol. The lowest BCUT2D eigenvalue weighted by Crippen LogP contribution is -2.14. The van der Waals surface area contributed by atoms with Gasteiger partial charge in [-0.3, -0.25) is 4.79 Å². The number of aromatic hydroxyl groups is 1. The molecule has 4 nitrogen and oxygen atoms in total. The Morgan fingerprint density at radius 3 is 2.44 bits per heavy atom. The zero-order valence-corrected chi connectivity index (χ0v) is 15.1. The fourth-order valence-electron chi connectivity index (χ4n) is 2.82. The van der Waals surface area contributed by atoms with Gasteiger partial charge >= 0.3 is 0 Å². The molecule has 4 heteroatoms. The van der Waals surface area contributed by atoms with Crippen LogP contribution in [0.5, 0.6) is 17.2 Å². The highest BCUT2D eigenvalue weighted by atomic mass is 16.5. The van der Waals surface area contributed by atoms with Crippen LogP contribution in [-0.2, 0) is 5.41 Å². The van der Waals surface area contributed by atoms with Crippen LogP contribution in [0.15, 0.2) is 45.6 Å². The number of ether oxygens (including phenoxy) is 1. The summed E-state index contributed by atoms with van der Waals surface area (Å²) in [4.78, 5) is 12.8. The van der Waals surface area contributed by atoms with Crippen LogP contribution in [0.25, 0.3) is 11.0 Å². The van der Waals surface area contributed by atoms with E-state index in [1.165, 1.54) is 12.1 Å². The second kappa shape index (κ2) is 5.96. The maximum Gasteiger partial charge on any atom is 0.235 e. The predicted octanol–water partition coefficient (Wildman–Crippen LogP) is 5.21. The molecule has 3 aromatic rings. The lowest BCUT2D eigenvalue weighted by atomic mass is 9.85. The minimum atomic E-state index is -0.251. The smallest absolute Gasteiger partial charge is 0.235 e. The summed E-state index contributed by atoms with van der Waals surface area (Å²) in [5.41, 5.74) is 2.12. The first kappa shape index (κ1) is 17.1. The summed E-state index contributed by atoms with van der Waals surface area (Å²) in [5, 5.41) is 9.95. The molecule has 3 rings (SSSR count). The Hall–Kier alpha value is -2.75. The highest BCUT2D eigenvalue weighted by molar-refractivity contribution is 5.79. The van der Waals surface area contributed by atoms with Gasteiger partial charge in [-0.05, 0) is 37.5 Å². The quantitative estimate of drug-likeness (QED) is 0.697. The Kier molecular flexibility index (Phi) is 4.07. The monoisotopic (exact) mass is 338 g/mol. The summed E-state index contributed by atoms with van der Waals surface area (Å²) >= 11 is 0. The number of rotatable bonds is 2. The second-order valence-electron chi connectivity index (χ2n) is 7.35. The van der Waals surface area contributed by atoms with Gasteiger partial charge in [0.25, 0.3) is 0 Å². The van der Waals surface area contributed by atoms with Crippen molar-refractivity contribution < 1.29 is 14.3 Å². The minimum Gasteiger partial charge on any atom is -0.508 e. The van der Waals surface area contributed by atoms with Crippen molar-refractivity contribution in [3.63, 3.8) is 0 Å². The topological polar surface area (TPSA) is 59.7 Å². The van der Waals surface area contributed by atoms with E-state index in [9.17, 15) is 9.90 Å². The zero-order valence-electron chi connectivity index (χ0n) is 15.1. The van der Waals surface area contributed by atoms with E-state index in [1.54, 1.807) is 13.0 Å². The van der Waals surface area contributed by atoms with E-state index in [2.05, 4.69) is 26.8 Å². The van der Waals surface area contributed by atoms with Crippen molar-refractivity contribution in [1.82, 2.24) is 0 Å². The summed E-state index contributed by atoms with van der Waals surface area (Å²) in [5.74, 6) is 1.25. The average Bonchev–Trinajstić information content (AvgIpc) is 2.51. The molecule has 1 heterocycles. The third-order valence-electron chi connectivity index (χ3n) is 4.15. The van der Waals surface area contributed by atoms with E-state index in [4.69, 9.17) is 9.15 Å². The molecular formula is C21H22O4. The Balaban J connectivity index is 2.17. The molecule has 0 spiro atoms. The van der Waals surface area contributed by atoms with E-state index in [0.717, 1.165) is 11.1 Å². The van der Waals surface area contributed by atoms with Crippen LogP contribution in [0.2, 0.25) is 0 Å².